The van der Waals surface area contributed by atoms with Crippen molar-refractivity contribution in [2.45, 2.75) is 6.42 Å². The molecule has 5 rings (SSSR count). The summed E-state index contributed by atoms with van der Waals surface area (Å²) in [5.74, 6) is -0.208. The van der Waals surface area contributed by atoms with E-state index in [0.717, 1.165) is 16.3 Å². The zero-order valence-corrected chi connectivity index (χ0v) is 13.9. The fourth-order valence-corrected chi connectivity index (χ4v) is 4.09. The lowest BCUT2D eigenvalue weighted by molar-refractivity contribution is -0.139. The highest BCUT2D eigenvalue weighted by Crippen LogP contribution is 2.40. The maximum absolute atomic E-state index is 12.1. The van der Waals surface area contributed by atoms with Gasteiger partial charge >= 0.3 is 5.97 Å². The van der Waals surface area contributed by atoms with Crippen LogP contribution in [-0.4, -0.2) is 13.1 Å². The van der Waals surface area contributed by atoms with Crippen molar-refractivity contribution in [1.82, 2.24) is 0 Å². The quantitative estimate of drug-likeness (QED) is 0.245. The number of benzene rings is 5. The summed E-state index contributed by atoms with van der Waals surface area (Å²) in [6.07, 6.45) is 0.283. The van der Waals surface area contributed by atoms with Crippen LogP contribution in [0.1, 0.15) is 5.56 Å². The fraction of sp³-hybridized carbons (Fsp3) is 0.0870. The first-order valence-corrected chi connectivity index (χ1v) is 8.42. The van der Waals surface area contributed by atoms with Gasteiger partial charge in [0.2, 0.25) is 0 Å². The molecule has 5 aromatic carbocycles. The molecule has 0 aliphatic rings. The van der Waals surface area contributed by atoms with Gasteiger partial charge in [0.05, 0.1) is 13.5 Å². The highest BCUT2D eigenvalue weighted by molar-refractivity contribution is 6.30. The molecule has 5 aromatic rings. The van der Waals surface area contributed by atoms with Crippen molar-refractivity contribution < 1.29 is 9.53 Å². The third kappa shape index (κ3) is 1.94. The molecular formula is C23H16O2. The van der Waals surface area contributed by atoms with Gasteiger partial charge in [0.1, 0.15) is 0 Å². The second kappa shape index (κ2) is 5.18. The first-order valence-electron chi connectivity index (χ1n) is 8.42. The Labute approximate surface area is 145 Å². The summed E-state index contributed by atoms with van der Waals surface area (Å²) < 4.78 is 4.95. The summed E-state index contributed by atoms with van der Waals surface area (Å²) in [7, 11) is 1.44. The van der Waals surface area contributed by atoms with Gasteiger partial charge in [-0.1, -0.05) is 66.7 Å². The number of rotatable bonds is 2. The van der Waals surface area contributed by atoms with Crippen LogP contribution in [0.4, 0.5) is 0 Å². The van der Waals surface area contributed by atoms with Crippen molar-refractivity contribution >= 4 is 49.1 Å². The molecule has 0 saturated heterocycles. The minimum atomic E-state index is -0.208. The van der Waals surface area contributed by atoms with Gasteiger partial charge in [-0.05, 0) is 48.7 Å². The van der Waals surface area contributed by atoms with E-state index in [-0.39, 0.29) is 12.4 Å². The predicted molar refractivity (Wildman–Crippen MR) is 103 cm³/mol. The maximum atomic E-state index is 12.1. The molecule has 0 aliphatic carbocycles. The van der Waals surface area contributed by atoms with E-state index in [9.17, 15) is 4.79 Å². The molecule has 0 fully saturated rings. The van der Waals surface area contributed by atoms with E-state index in [4.69, 9.17) is 4.74 Å². The number of carbonyl (C=O) groups excluding carboxylic acids is 1. The molecule has 25 heavy (non-hydrogen) atoms. The zero-order chi connectivity index (χ0) is 17.0. The SMILES string of the molecule is COC(=O)Cc1c2ccccc2c2ccc3cccc4ccc1c2c43. The monoisotopic (exact) mass is 324 g/mol. The Morgan fingerprint density at radius 3 is 2.12 bits per heavy atom. The van der Waals surface area contributed by atoms with Crippen LogP contribution in [-0.2, 0) is 16.0 Å². The lowest BCUT2D eigenvalue weighted by atomic mass is 9.87. The zero-order valence-electron chi connectivity index (χ0n) is 13.9. The van der Waals surface area contributed by atoms with Gasteiger partial charge in [0, 0.05) is 0 Å². The molecule has 0 radical (unpaired) electrons. The first-order chi connectivity index (χ1) is 12.3. The molecule has 0 heterocycles. The molecule has 0 bridgehead atoms. The average molecular weight is 324 g/mol. The third-order valence-corrected chi connectivity index (χ3v) is 5.19. The normalized spacial score (nSPS) is 11.7. The Balaban J connectivity index is 2.07. The van der Waals surface area contributed by atoms with Gasteiger partial charge in [-0.15, -0.1) is 0 Å². The number of methoxy groups -OCH3 is 1. The second-order valence-corrected chi connectivity index (χ2v) is 6.46. The Morgan fingerprint density at radius 2 is 1.40 bits per heavy atom. The van der Waals surface area contributed by atoms with Crippen molar-refractivity contribution in [3.63, 3.8) is 0 Å². The summed E-state index contributed by atoms with van der Waals surface area (Å²) in [4.78, 5) is 12.1. The second-order valence-electron chi connectivity index (χ2n) is 6.46. The third-order valence-electron chi connectivity index (χ3n) is 5.19. The van der Waals surface area contributed by atoms with E-state index in [1.165, 1.54) is 39.4 Å². The molecule has 0 spiro atoms. The van der Waals surface area contributed by atoms with Crippen molar-refractivity contribution in [3.8, 4) is 0 Å². The van der Waals surface area contributed by atoms with E-state index in [0.29, 0.717) is 0 Å². The molecule has 0 N–H and O–H groups in total. The molecule has 0 unspecified atom stereocenters. The number of carbonyl (C=O) groups is 1. The van der Waals surface area contributed by atoms with Gasteiger partial charge in [-0.2, -0.15) is 0 Å². The molecular weight excluding hydrogens is 308 g/mol. The highest BCUT2D eigenvalue weighted by atomic mass is 16.5. The molecule has 0 saturated carbocycles. The van der Waals surface area contributed by atoms with E-state index < -0.39 is 0 Å². The minimum absolute atomic E-state index is 0.208. The highest BCUT2D eigenvalue weighted by Gasteiger charge is 2.17. The summed E-state index contributed by atoms with van der Waals surface area (Å²) in [6, 6.07) is 23.4. The summed E-state index contributed by atoms with van der Waals surface area (Å²) >= 11 is 0. The van der Waals surface area contributed by atoms with Crippen LogP contribution in [0.3, 0.4) is 0 Å². The number of hydrogen-bond acceptors (Lipinski definition) is 2. The number of fused-ring (bicyclic) bond motifs is 2. The maximum Gasteiger partial charge on any atom is 0.310 e. The average Bonchev–Trinajstić information content (AvgIpc) is 2.67. The summed E-state index contributed by atoms with van der Waals surface area (Å²) in [6.45, 7) is 0. The van der Waals surface area contributed by atoms with E-state index >= 15 is 0 Å². The molecule has 120 valence electrons. The molecule has 0 atom stereocenters. The van der Waals surface area contributed by atoms with Gasteiger partial charge < -0.3 is 4.74 Å². The molecule has 2 heteroatoms. The molecule has 2 nitrogen and oxygen atoms in total. The Kier molecular flexibility index (Phi) is 2.95. The first kappa shape index (κ1) is 14.2. The van der Waals surface area contributed by atoms with Crippen molar-refractivity contribution in [2.75, 3.05) is 7.11 Å². The lowest BCUT2D eigenvalue weighted by Gasteiger charge is -2.17. The smallest absolute Gasteiger partial charge is 0.310 e. The van der Waals surface area contributed by atoms with Gasteiger partial charge in [-0.3, -0.25) is 4.79 Å². The van der Waals surface area contributed by atoms with Crippen LogP contribution in [0, 0.1) is 0 Å². The largest absolute Gasteiger partial charge is 0.469 e. The van der Waals surface area contributed by atoms with Gasteiger partial charge in [0.25, 0.3) is 0 Å². The van der Waals surface area contributed by atoms with E-state index in [1.54, 1.807) is 0 Å². The topological polar surface area (TPSA) is 26.3 Å². The van der Waals surface area contributed by atoms with Crippen LogP contribution in [0.25, 0.3) is 43.1 Å². The van der Waals surface area contributed by atoms with Crippen LogP contribution in [0.15, 0.2) is 66.7 Å². The van der Waals surface area contributed by atoms with E-state index in [2.05, 4.69) is 60.7 Å². The Bertz CT molecular complexity index is 1250. The lowest BCUT2D eigenvalue weighted by Crippen LogP contribution is -2.06. The van der Waals surface area contributed by atoms with Crippen LogP contribution >= 0.6 is 0 Å². The predicted octanol–water partition coefficient (Wildman–Crippen LogP) is 5.45. The van der Waals surface area contributed by atoms with Crippen LogP contribution < -0.4 is 0 Å². The Hall–Kier alpha value is -3.13. The number of esters is 1. The van der Waals surface area contributed by atoms with E-state index in [1.807, 2.05) is 6.07 Å². The number of hydrogen-bond donors (Lipinski definition) is 0. The molecule has 0 aliphatic heterocycles. The molecule has 0 amide bonds. The molecule has 0 aromatic heterocycles. The van der Waals surface area contributed by atoms with Gasteiger partial charge in [0.15, 0.2) is 0 Å². The standard InChI is InChI=1S/C23H16O2/c1-25-21(24)13-20-17-8-3-2-7-16(17)18-11-9-14-5-4-6-15-10-12-19(20)23(18)22(14)15/h2-12H,13H2,1H3. The minimum Gasteiger partial charge on any atom is -0.469 e. The van der Waals surface area contributed by atoms with Crippen molar-refractivity contribution in [2.24, 2.45) is 0 Å². The Morgan fingerprint density at radius 1 is 0.720 bits per heavy atom. The number of ether oxygens (including phenoxy) is 1. The van der Waals surface area contributed by atoms with Crippen molar-refractivity contribution in [1.29, 1.82) is 0 Å². The van der Waals surface area contributed by atoms with Crippen LogP contribution in [0.2, 0.25) is 0 Å². The van der Waals surface area contributed by atoms with Crippen molar-refractivity contribution in [3.05, 3.63) is 72.3 Å². The van der Waals surface area contributed by atoms with Gasteiger partial charge in [-0.25, -0.2) is 0 Å². The summed E-state index contributed by atoms with van der Waals surface area (Å²) in [5, 5.41) is 9.67. The van der Waals surface area contributed by atoms with Crippen LogP contribution in [0.5, 0.6) is 0 Å². The fourth-order valence-electron chi connectivity index (χ4n) is 4.09. The summed E-state index contributed by atoms with van der Waals surface area (Å²) in [5.41, 5.74) is 1.05.